The molecule has 0 atom stereocenters. The monoisotopic (exact) mass is 858 g/mol. The van der Waals surface area contributed by atoms with Crippen molar-refractivity contribution in [2.45, 2.75) is 98.8 Å². The van der Waals surface area contributed by atoms with Crippen LogP contribution in [0.25, 0.3) is 54.5 Å². The van der Waals surface area contributed by atoms with Gasteiger partial charge < -0.3 is 0 Å². The van der Waals surface area contributed by atoms with Gasteiger partial charge in [-0.2, -0.15) is 0 Å². The molecule has 0 amide bonds. The van der Waals surface area contributed by atoms with Crippen molar-refractivity contribution in [1.82, 2.24) is 34.9 Å². The van der Waals surface area contributed by atoms with E-state index in [1.165, 1.54) is 38.5 Å². The maximum atomic E-state index is 4.57. The molecular formula is C58H63N7. The fourth-order valence-electron chi connectivity index (χ4n) is 6.74. The first-order chi connectivity index (χ1) is 31.4. The van der Waals surface area contributed by atoms with Gasteiger partial charge in [0.05, 0.1) is 33.3 Å². The summed E-state index contributed by atoms with van der Waals surface area (Å²) in [5.41, 5.74) is 9.83. The Labute approximate surface area is 385 Å². The molecule has 0 unspecified atom stereocenters. The summed E-state index contributed by atoms with van der Waals surface area (Å²) in [4.78, 5) is 31.0. The predicted molar refractivity (Wildman–Crippen MR) is 275 cm³/mol. The van der Waals surface area contributed by atoms with Crippen LogP contribution in [0.1, 0.15) is 127 Å². The third-order valence-electron chi connectivity index (χ3n) is 10.8. The van der Waals surface area contributed by atoms with E-state index in [2.05, 4.69) is 165 Å². The van der Waals surface area contributed by atoms with Crippen molar-refractivity contribution < 1.29 is 0 Å². The molecule has 330 valence electrons. The SMILES string of the molecule is CC(C)c1cc2ccccc2cn1.CC(C)c1ccc2ccccc2n1.CC(C)c1cnc2ccccc2c1.CC(C)c1cnc2ccccc2n1.CC(C)c1ncc2ccccc2n1. The molecule has 0 N–H and O–H groups in total. The third-order valence-corrected chi connectivity index (χ3v) is 10.8. The molecule has 5 heterocycles. The second kappa shape index (κ2) is 23.1. The number of fused-ring (bicyclic) bond motifs is 5. The predicted octanol–water partition coefficient (Wildman–Crippen LogP) is 15.6. The molecule has 0 aliphatic heterocycles. The third kappa shape index (κ3) is 13.5. The van der Waals surface area contributed by atoms with E-state index in [1.54, 1.807) is 0 Å². The smallest absolute Gasteiger partial charge is 0.131 e. The number of hydrogen-bond donors (Lipinski definition) is 0. The lowest BCUT2D eigenvalue weighted by Gasteiger charge is -2.05. The Balaban J connectivity index is 0.000000135. The van der Waals surface area contributed by atoms with Crippen molar-refractivity contribution in [1.29, 1.82) is 0 Å². The molecule has 5 aromatic heterocycles. The van der Waals surface area contributed by atoms with Crippen molar-refractivity contribution in [2.75, 3.05) is 0 Å². The van der Waals surface area contributed by atoms with Crippen LogP contribution < -0.4 is 0 Å². The van der Waals surface area contributed by atoms with Crippen molar-refractivity contribution >= 4 is 54.5 Å². The molecular weight excluding hydrogens is 795 g/mol. The minimum atomic E-state index is 0.393. The molecule has 10 rings (SSSR count). The highest BCUT2D eigenvalue weighted by Gasteiger charge is 2.05. The van der Waals surface area contributed by atoms with Crippen LogP contribution in [0.15, 0.2) is 170 Å². The summed E-state index contributed by atoms with van der Waals surface area (Å²) < 4.78 is 0. The normalized spacial score (nSPS) is 11.0. The Morgan fingerprint density at radius 2 is 0.769 bits per heavy atom. The number of benzene rings is 5. The first kappa shape index (κ1) is 47.5. The highest BCUT2D eigenvalue weighted by Crippen LogP contribution is 2.21. The highest BCUT2D eigenvalue weighted by molar-refractivity contribution is 5.82. The van der Waals surface area contributed by atoms with Gasteiger partial charge in [-0.05, 0) is 83.2 Å². The van der Waals surface area contributed by atoms with Gasteiger partial charge in [0.2, 0.25) is 0 Å². The zero-order chi connectivity index (χ0) is 46.3. The zero-order valence-corrected chi connectivity index (χ0v) is 39.7. The standard InChI is InChI=1S/3C12H13N.2C11H12N2/c1-9(2)11-7-10-5-3-4-6-12(10)13-8-11;1-9(2)12-7-10-5-3-4-6-11(10)8-13-12;1-9(2)11-8-7-10-5-3-4-6-12(10)13-11;1-8(2)11-7-12-9-5-3-4-6-10(9)13-11;1-8(2)11-12-7-9-5-3-4-6-10(9)13-11/h3*3-9H,1-2H3;2*3-8H,1-2H3. The Morgan fingerprint density at radius 1 is 0.277 bits per heavy atom. The van der Waals surface area contributed by atoms with E-state index in [1.807, 2.05) is 110 Å². The fourth-order valence-corrected chi connectivity index (χ4v) is 6.74. The van der Waals surface area contributed by atoms with Gasteiger partial charge >= 0.3 is 0 Å². The molecule has 10 aromatic rings. The molecule has 0 saturated heterocycles. The van der Waals surface area contributed by atoms with Crippen LogP contribution in [0.3, 0.4) is 0 Å². The number of aromatic nitrogens is 7. The highest BCUT2D eigenvalue weighted by atomic mass is 14.9. The van der Waals surface area contributed by atoms with Gasteiger partial charge in [0.15, 0.2) is 0 Å². The van der Waals surface area contributed by atoms with Gasteiger partial charge in [0.25, 0.3) is 0 Å². The number of rotatable bonds is 5. The van der Waals surface area contributed by atoms with Gasteiger partial charge in [-0.15, -0.1) is 0 Å². The summed E-state index contributed by atoms with van der Waals surface area (Å²) in [5, 5.41) is 6.04. The lowest BCUT2D eigenvalue weighted by Crippen LogP contribution is -1.96. The molecule has 0 radical (unpaired) electrons. The maximum Gasteiger partial charge on any atom is 0.131 e. The number of hydrogen-bond acceptors (Lipinski definition) is 7. The Morgan fingerprint density at radius 3 is 1.40 bits per heavy atom. The molecule has 0 aliphatic carbocycles. The topological polar surface area (TPSA) is 90.2 Å². The van der Waals surface area contributed by atoms with Crippen LogP contribution in [-0.4, -0.2) is 34.9 Å². The Kier molecular flexibility index (Phi) is 16.9. The molecule has 5 aromatic carbocycles. The number of para-hydroxylation sites is 5. The lowest BCUT2D eigenvalue weighted by molar-refractivity contribution is 0.783. The molecule has 0 saturated carbocycles. The average molecular weight is 858 g/mol. The molecule has 0 spiro atoms. The van der Waals surface area contributed by atoms with Crippen molar-refractivity contribution in [3.8, 4) is 0 Å². The van der Waals surface area contributed by atoms with E-state index in [0.29, 0.717) is 29.6 Å². The average Bonchev–Trinajstić information content (AvgIpc) is 3.34. The van der Waals surface area contributed by atoms with E-state index in [0.717, 1.165) is 44.5 Å². The molecule has 0 bridgehead atoms. The number of pyridine rings is 3. The van der Waals surface area contributed by atoms with Crippen molar-refractivity contribution in [3.05, 3.63) is 199 Å². The van der Waals surface area contributed by atoms with Gasteiger partial charge in [0.1, 0.15) is 5.82 Å². The van der Waals surface area contributed by atoms with Crippen LogP contribution in [0.5, 0.6) is 0 Å². The summed E-state index contributed by atoms with van der Waals surface area (Å²) in [5.74, 6) is 3.31. The van der Waals surface area contributed by atoms with E-state index in [9.17, 15) is 0 Å². The van der Waals surface area contributed by atoms with Crippen LogP contribution in [-0.2, 0) is 0 Å². The first-order valence-corrected chi connectivity index (χ1v) is 22.8. The Bertz CT molecular complexity index is 2580. The van der Waals surface area contributed by atoms with E-state index in [4.69, 9.17) is 0 Å². The minimum absolute atomic E-state index is 0.393. The lowest BCUT2D eigenvalue weighted by atomic mass is 10.0. The van der Waals surface area contributed by atoms with Crippen molar-refractivity contribution in [2.24, 2.45) is 0 Å². The molecule has 0 aliphatic rings. The van der Waals surface area contributed by atoms with Crippen LogP contribution in [0.4, 0.5) is 0 Å². The second-order valence-corrected chi connectivity index (χ2v) is 17.7. The van der Waals surface area contributed by atoms with E-state index in [-0.39, 0.29) is 0 Å². The number of nitrogens with zero attached hydrogens (tertiary/aromatic N) is 7. The van der Waals surface area contributed by atoms with Gasteiger partial charge in [0, 0.05) is 63.6 Å². The van der Waals surface area contributed by atoms with Crippen LogP contribution >= 0.6 is 0 Å². The summed E-state index contributed by atoms with van der Waals surface area (Å²) in [7, 11) is 0. The maximum absolute atomic E-state index is 4.57. The van der Waals surface area contributed by atoms with E-state index >= 15 is 0 Å². The Hall–Kier alpha value is -6.99. The van der Waals surface area contributed by atoms with Gasteiger partial charge in [-0.1, -0.05) is 166 Å². The van der Waals surface area contributed by atoms with Crippen molar-refractivity contribution in [3.63, 3.8) is 0 Å². The zero-order valence-electron chi connectivity index (χ0n) is 39.7. The molecule has 7 heteroatoms. The van der Waals surface area contributed by atoms with Crippen LogP contribution in [0, 0.1) is 0 Å². The van der Waals surface area contributed by atoms with Gasteiger partial charge in [-0.25, -0.2) is 15.0 Å². The second-order valence-electron chi connectivity index (χ2n) is 17.7. The first-order valence-electron chi connectivity index (χ1n) is 22.8. The molecule has 65 heavy (non-hydrogen) atoms. The fraction of sp³-hybridized carbons (Fsp3) is 0.259. The van der Waals surface area contributed by atoms with Gasteiger partial charge in [-0.3, -0.25) is 19.9 Å². The van der Waals surface area contributed by atoms with Crippen LogP contribution in [0.2, 0.25) is 0 Å². The summed E-state index contributed by atoms with van der Waals surface area (Å²) in [6.45, 7) is 21.5. The van der Waals surface area contributed by atoms with E-state index < -0.39 is 0 Å². The summed E-state index contributed by atoms with van der Waals surface area (Å²) in [6, 6.07) is 49.4. The minimum Gasteiger partial charge on any atom is -0.260 e. The quantitative estimate of drug-likeness (QED) is 0.170. The molecule has 0 fully saturated rings. The summed E-state index contributed by atoms with van der Waals surface area (Å²) >= 11 is 0. The molecule has 7 nitrogen and oxygen atoms in total. The summed E-state index contributed by atoms with van der Waals surface area (Å²) in [6.07, 6.45) is 7.66. The largest absolute Gasteiger partial charge is 0.260 e.